The van der Waals surface area contributed by atoms with Gasteiger partial charge in [0.1, 0.15) is 0 Å². The number of nitrogens with zero attached hydrogens (tertiary/aromatic N) is 3. The van der Waals surface area contributed by atoms with Crippen LogP contribution in [0.4, 0.5) is 4.79 Å². The lowest BCUT2D eigenvalue weighted by Crippen LogP contribution is -2.49. The number of nitrogens with one attached hydrogen (secondary N) is 2. The molecule has 0 saturated carbocycles. The largest absolute Gasteiger partial charge is 0.461 e. The zero-order chi connectivity index (χ0) is 17.9. The highest BCUT2D eigenvalue weighted by molar-refractivity contribution is 8.00. The first-order valence-electron chi connectivity index (χ1n) is 7.40. The molecule has 0 bridgehead atoms. The van der Waals surface area contributed by atoms with Crippen molar-refractivity contribution >= 4 is 23.7 Å². The second kappa shape index (κ2) is 7.08. The highest BCUT2D eigenvalue weighted by atomic mass is 32.2. The standard InChI is InChI=1S/C15H21N5O3S/c1-9(12(21)16-13(22)17-15(2,3)4)24-14-19-18-11(20(14)5)10-7-6-8-23-10/h6-9H,1-5H3,(H2,16,17,21,22)/t9-/m0/s1. The highest BCUT2D eigenvalue weighted by Gasteiger charge is 2.23. The molecule has 24 heavy (non-hydrogen) atoms. The molecule has 0 radical (unpaired) electrons. The lowest BCUT2D eigenvalue weighted by atomic mass is 10.1. The summed E-state index contributed by atoms with van der Waals surface area (Å²) >= 11 is 1.21. The molecule has 2 rings (SSSR count). The smallest absolute Gasteiger partial charge is 0.321 e. The van der Waals surface area contributed by atoms with E-state index in [1.165, 1.54) is 11.8 Å². The molecular weight excluding hydrogens is 330 g/mol. The van der Waals surface area contributed by atoms with E-state index in [2.05, 4.69) is 20.8 Å². The molecule has 2 aromatic heterocycles. The van der Waals surface area contributed by atoms with Gasteiger partial charge in [-0.05, 0) is 39.8 Å². The van der Waals surface area contributed by atoms with Gasteiger partial charge in [0.2, 0.25) is 5.91 Å². The monoisotopic (exact) mass is 351 g/mol. The maximum atomic E-state index is 12.1. The number of aromatic nitrogens is 3. The summed E-state index contributed by atoms with van der Waals surface area (Å²) < 4.78 is 7.04. The maximum Gasteiger partial charge on any atom is 0.321 e. The Morgan fingerprint density at radius 3 is 2.62 bits per heavy atom. The lowest BCUT2D eigenvalue weighted by molar-refractivity contribution is -0.119. The average Bonchev–Trinajstić information content (AvgIpc) is 3.07. The number of hydrogen-bond acceptors (Lipinski definition) is 6. The molecule has 0 aliphatic rings. The quantitative estimate of drug-likeness (QED) is 0.819. The van der Waals surface area contributed by atoms with Crippen molar-refractivity contribution in [1.82, 2.24) is 25.4 Å². The first-order valence-corrected chi connectivity index (χ1v) is 8.28. The van der Waals surface area contributed by atoms with Crippen LogP contribution in [0.1, 0.15) is 27.7 Å². The minimum absolute atomic E-state index is 0.399. The molecule has 0 fully saturated rings. The minimum atomic E-state index is -0.519. The van der Waals surface area contributed by atoms with Crippen molar-refractivity contribution in [1.29, 1.82) is 0 Å². The fourth-order valence-corrected chi connectivity index (χ4v) is 2.65. The highest BCUT2D eigenvalue weighted by Crippen LogP contribution is 2.25. The van der Waals surface area contributed by atoms with Gasteiger partial charge in [0.05, 0.1) is 11.5 Å². The molecule has 2 N–H and O–H groups in total. The zero-order valence-corrected chi connectivity index (χ0v) is 15.1. The molecule has 8 nitrogen and oxygen atoms in total. The number of thioether (sulfide) groups is 1. The SMILES string of the molecule is C[C@H](Sc1nnc(-c2ccco2)n1C)C(=O)NC(=O)NC(C)(C)C. The molecule has 3 amide bonds. The van der Waals surface area contributed by atoms with Crippen LogP contribution in [-0.2, 0) is 11.8 Å². The van der Waals surface area contributed by atoms with Crippen LogP contribution in [0.15, 0.2) is 28.0 Å². The molecule has 0 spiro atoms. The molecule has 0 unspecified atom stereocenters. The normalized spacial score (nSPS) is 12.7. The van der Waals surface area contributed by atoms with Crippen molar-refractivity contribution in [3.05, 3.63) is 18.4 Å². The zero-order valence-electron chi connectivity index (χ0n) is 14.3. The third-order valence-electron chi connectivity index (χ3n) is 2.95. The van der Waals surface area contributed by atoms with Crippen molar-refractivity contribution in [2.75, 3.05) is 0 Å². The van der Waals surface area contributed by atoms with E-state index in [9.17, 15) is 9.59 Å². The summed E-state index contributed by atoms with van der Waals surface area (Å²) in [6.45, 7) is 7.21. The minimum Gasteiger partial charge on any atom is -0.461 e. The maximum absolute atomic E-state index is 12.1. The predicted octanol–water partition coefficient (Wildman–Crippen LogP) is 2.18. The number of amides is 3. The van der Waals surface area contributed by atoms with Crippen molar-refractivity contribution in [3.63, 3.8) is 0 Å². The second-order valence-electron chi connectivity index (χ2n) is 6.30. The third kappa shape index (κ3) is 4.60. The molecule has 0 aliphatic heterocycles. The van der Waals surface area contributed by atoms with Gasteiger partial charge in [-0.25, -0.2) is 4.79 Å². The Bertz CT molecular complexity index is 718. The number of urea groups is 1. The van der Waals surface area contributed by atoms with Crippen LogP contribution in [0.2, 0.25) is 0 Å². The van der Waals surface area contributed by atoms with Crippen LogP contribution in [0, 0.1) is 0 Å². The van der Waals surface area contributed by atoms with Crippen molar-refractivity contribution in [2.45, 2.75) is 43.6 Å². The van der Waals surface area contributed by atoms with Gasteiger partial charge in [0.15, 0.2) is 16.7 Å². The molecule has 9 heteroatoms. The molecule has 2 aromatic rings. The fourth-order valence-electron chi connectivity index (χ4n) is 1.83. The van der Waals surface area contributed by atoms with Gasteiger partial charge in [0, 0.05) is 12.6 Å². The van der Waals surface area contributed by atoms with Crippen LogP contribution < -0.4 is 10.6 Å². The molecule has 130 valence electrons. The van der Waals surface area contributed by atoms with Gasteiger partial charge in [-0.2, -0.15) is 0 Å². The summed E-state index contributed by atoms with van der Waals surface area (Å²) in [5, 5.41) is 13.2. The van der Waals surface area contributed by atoms with Crippen LogP contribution in [0.3, 0.4) is 0 Å². The number of carbonyl (C=O) groups is 2. The van der Waals surface area contributed by atoms with E-state index in [4.69, 9.17) is 4.42 Å². The number of imide groups is 1. The topological polar surface area (TPSA) is 102 Å². The van der Waals surface area contributed by atoms with Gasteiger partial charge in [-0.1, -0.05) is 11.8 Å². The van der Waals surface area contributed by atoms with E-state index in [1.54, 1.807) is 36.9 Å². The van der Waals surface area contributed by atoms with Crippen molar-refractivity contribution in [3.8, 4) is 11.6 Å². The van der Waals surface area contributed by atoms with E-state index in [1.807, 2.05) is 20.8 Å². The summed E-state index contributed by atoms with van der Waals surface area (Å²) in [7, 11) is 1.79. The average molecular weight is 351 g/mol. The van der Waals surface area contributed by atoms with Gasteiger partial charge >= 0.3 is 6.03 Å². The predicted molar refractivity (Wildman–Crippen MR) is 90.5 cm³/mol. The Kier molecular flexibility index (Phi) is 5.33. The summed E-state index contributed by atoms with van der Waals surface area (Å²) in [6.07, 6.45) is 1.56. The second-order valence-corrected chi connectivity index (χ2v) is 7.60. The van der Waals surface area contributed by atoms with Crippen molar-refractivity contribution in [2.24, 2.45) is 7.05 Å². The number of carbonyl (C=O) groups excluding carboxylic acids is 2. The van der Waals surface area contributed by atoms with Gasteiger partial charge in [0.25, 0.3) is 0 Å². The Labute approximate surface area is 144 Å². The molecule has 0 saturated heterocycles. The Morgan fingerprint density at radius 1 is 1.33 bits per heavy atom. The van der Waals surface area contributed by atoms with E-state index in [-0.39, 0.29) is 0 Å². The van der Waals surface area contributed by atoms with Gasteiger partial charge in [-0.3, -0.25) is 10.1 Å². The number of rotatable bonds is 4. The Balaban J connectivity index is 1.98. The Morgan fingerprint density at radius 2 is 2.04 bits per heavy atom. The van der Waals surface area contributed by atoms with Gasteiger partial charge in [-0.15, -0.1) is 10.2 Å². The number of hydrogen-bond donors (Lipinski definition) is 2. The number of furan rings is 1. The van der Waals surface area contributed by atoms with Crippen LogP contribution in [0.5, 0.6) is 0 Å². The summed E-state index contributed by atoms with van der Waals surface area (Å²) in [6, 6.07) is 3.03. The summed E-state index contributed by atoms with van der Waals surface area (Å²) in [5.74, 6) is 0.767. The lowest BCUT2D eigenvalue weighted by Gasteiger charge is -2.21. The van der Waals surface area contributed by atoms with Crippen LogP contribution in [-0.4, -0.2) is 37.5 Å². The first kappa shape index (κ1) is 18.1. The summed E-state index contributed by atoms with van der Waals surface area (Å²) in [5.41, 5.74) is -0.414. The molecule has 0 aromatic carbocycles. The fraction of sp³-hybridized carbons (Fsp3) is 0.467. The van der Waals surface area contributed by atoms with Crippen LogP contribution >= 0.6 is 11.8 Å². The third-order valence-corrected chi connectivity index (χ3v) is 4.09. The first-order chi connectivity index (χ1) is 11.2. The Hall–Kier alpha value is -2.29. The summed E-state index contributed by atoms with van der Waals surface area (Å²) in [4.78, 5) is 23.9. The van der Waals surface area contributed by atoms with E-state index >= 15 is 0 Å². The van der Waals surface area contributed by atoms with E-state index in [0.29, 0.717) is 16.7 Å². The molecule has 0 aliphatic carbocycles. The molecule has 2 heterocycles. The van der Waals surface area contributed by atoms with E-state index < -0.39 is 22.7 Å². The van der Waals surface area contributed by atoms with Crippen LogP contribution in [0.25, 0.3) is 11.6 Å². The van der Waals surface area contributed by atoms with E-state index in [0.717, 1.165) is 0 Å². The molecular formula is C15H21N5O3S. The van der Waals surface area contributed by atoms with Crippen molar-refractivity contribution < 1.29 is 14.0 Å². The van der Waals surface area contributed by atoms with Gasteiger partial charge < -0.3 is 14.3 Å². The molecule has 1 atom stereocenters.